The molecule has 1 nitrogen and oxygen atoms in total. The van der Waals surface area contributed by atoms with Gasteiger partial charge in [0, 0.05) is 12.5 Å². The van der Waals surface area contributed by atoms with Crippen LogP contribution in [-0.2, 0) is 0 Å². The van der Waals surface area contributed by atoms with Gasteiger partial charge in [-0.3, -0.25) is 0 Å². The third kappa shape index (κ3) is 0.675. The van der Waals surface area contributed by atoms with E-state index < -0.39 is 11.3 Å². The predicted octanol–water partition coefficient (Wildman–Crippen LogP) is 1.77. The molecule has 2 aliphatic rings. The van der Waals surface area contributed by atoms with E-state index in [2.05, 4.69) is 0 Å². The maximum Gasteiger partial charge on any atom is 0.258 e. The largest absolute Gasteiger partial charge is 0.330 e. The monoisotopic (exact) mass is 161 g/mol. The number of alkyl halides is 2. The summed E-state index contributed by atoms with van der Waals surface area (Å²) in [5.74, 6) is -2.81. The van der Waals surface area contributed by atoms with Crippen LogP contribution < -0.4 is 5.73 Å². The molecule has 0 aromatic carbocycles. The quantitative estimate of drug-likeness (QED) is 0.623. The molecule has 0 aromatic rings. The molecule has 2 atom stereocenters. The maximum atomic E-state index is 13.1. The van der Waals surface area contributed by atoms with Crippen molar-refractivity contribution in [1.82, 2.24) is 0 Å². The molecule has 2 saturated carbocycles. The SMILES string of the molecule is NCC12CCCCC1C2(F)F. The highest BCUT2D eigenvalue weighted by Crippen LogP contribution is 2.71. The van der Waals surface area contributed by atoms with Gasteiger partial charge in [0.1, 0.15) is 0 Å². The minimum atomic E-state index is -2.43. The molecule has 64 valence electrons. The molecule has 3 heteroatoms. The van der Waals surface area contributed by atoms with Crippen LogP contribution in [0.1, 0.15) is 25.7 Å². The van der Waals surface area contributed by atoms with Gasteiger partial charge in [-0.2, -0.15) is 0 Å². The topological polar surface area (TPSA) is 26.0 Å². The summed E-state index contributed by atoms with van der Waals surface area (Å²) in [4.78, 5) is 0. The van der Waals surface area contributed by atoms with Gasteiger partial charge in [0.25, 0.3) is 5.92 Å². The Balaban J connectivity index is 2.20. The van der Waals surface area contributed by atoms with Crippen LogP contribution in [0.4, 0.5) is 8.78 Å². The van der Waals surface area contributed by atoms with Crippen molar-refractivity contribution in [3.63, 3.8) is 0 Å². The summed E-state index contributed by atoms with van der Waals surface area (Å²) in [5, 5.41) is 0. The molecular weight excluding hydrogens is 148 g/mol. The van der Waals surface area contributed by atoms with Crippen molar-refractivity contribution >= 4 is 0 Å². The molecule has 0 radical (unpaired) electrons. The van der Waals surface area contributed by atoms with Gasteiger partial charge in [-0.1, -0.05) is 12.8 Å². The second-order valence-corrected chi connectivity index (χ2v) is 3.78. The average molecular weight is 161 g/mol. The van der Waals surface area contributed by atoms with E-state index in [-0.39, 0.29) is 12.5 Å². The van der Waals surface area contributed by atoms with E-state index in [0.717, 1.165) is 12.8 Å². The van der Waals surface area contributed by atoms with Gasteiger partial charge >= 0.3 is 0 Å². The fourth-order valence-electron chi connectivity index (χ4n) is 2.56. The average Bonchev–Trinajstić information content (AvgIpc) is 2.52. The molecule has 0 heterocycles. The van der Waals surface area contributed by atoms with E-state index in [1.165, 1.54) is 0 Å². The van der Waals surface area contributed by atoms with Crippen molar-refractivity contribution in [2.75, 3.05) is 6.54 Å². The lowest BCUT2D eigenvalue weighted by Gasteiger charge is -2.17. The van der Waals surface area contributed by atoms with Gasteiger partial charge in [-0.25, -0.2) is 8.78 Å². The molecule has 0 saturated heterocycles. The molecular formula is C8H13F2N. The summed E-state index contributed by atoms with van der Waals surface area (Å²) in [6, 6.07) is 0. The predicted molar refractivity (Wildman–Crippen MR) is 38.4 cm³/mol. The number of hydrogen-bond acceptors (Lipinski definition) is 1. The van der Waals surface area contributed by atoms with E-state index in [1.54, 1.807) is 0 Å². The number of rotatable bonds is 1. The Bertz CT molecular complexity index is 181. The molecule has 2 aliphatic carbocycles. The molecule has 11 heavy (non-hydrogen) atoms. The standard InChI is InChI=1S/C8H13F2N/c9-8(10)6-3-1-2-4-7(6,8)5-11/h6H,1-5,11H2. The van der Waals surface area contributed by atoms with E-state index in [0.29, 0.717) is 12.8 Å². The number of fused-ring (bicyclic) bond motifs is 1. The van der Waals surface area contributed by atoms with Crippen LogP contribution in [0.15, 0.2) is 0 Å². The van der Waals surface area contributed by atoms with Gasteiger partial charge in [0.05, 0.1) is 5.41 Å². The first-order valence-electron chi connectivity index (χ1n) is 4.23. The van der Waals surface area contributed by atoms with E-state index in [4.69, 9.17) is 5.73 Å². The van der Waals surface area contributed by atoms with E-state index >= 15 is 0 Å². The zero-order valence-electron chi connectivity index (χ0n) is 6.45. The smallest absolute Gasteiger partial charge is 0.258 e. The van der Waals surface area contributed by atoms with Crippen molar-refractivity contribution in [3.8, 4) is 0 Å². The zero-order valence-corrected chi connectivity index (χ0v) is 6.45. The van der Waals surface area contributed by atoms with Gasteiger partial charge in [0.2, 0.25) is 0 Å². The minimum Gasteiger partial charge on any atom is -0.330 e. The Labute approximate surface area is 65.0 Å². The van der Waals surface area contributed by atoms with Crippen molar-refractivity contribution in [2.45, 2.75) is 31.6 Å². The summed E-state index contributed by atoms with van der Waals surface area (Å²) >= 11 is 0. The first-order valence-corrected chi connectivity index (χ1v) is 4.23. The molecule has 2 unspecified atom stereocenters. The van der Waals surface area contributed by atoms with Gasteiger partial charge in [0.15, 0.2) is 0 Å². The summed E-state index contributed by atoms with van der Waals surface area (Å²) in [6.07, 6.45) is 3.22. The molecule has 0 amide bonds. The van der Waals surface area contributed by atoms with Crippen molar-refractivity contribution in [1.29, 1.82) is 0 Å². The van der Waals surface area contributed by atoms with Crippen LogP contribution in [0.2, 0.25) is 0 Å². The fraction of sp³-hybridized carbons (Fsp3) is 1.00. The van der Waals surface area contributed by atoms with Gasteiger partial charge in [-0.05, 0) is 12.8 Å². The number of nitrogens with two attached hydrogens (primary N) is 1. The third-order valence-corrected chi connectivity index (χ3v) is 3.42. The van der Waals surface area contributed by atoms with Crippen molar-refractivity contribution < 1.29 is 8.78 Å². The highest BCUT2D eigenvalue weighted by atomic mass is 19.3. The lowest BCUT2D eigenvalue weighted by Crippen LogP contribution is -2.23. The van der Waals surface area contributed by atoms with Crippen molar-refractivity contribution in [3.05, 3.63) is 0 Å². The molecule has 0 aromatic heterocycles. The van der Waals surface area contributed by atoms with Crippen LogP contribution in [0.3, 0.4) is 0 Å². The highest BCUT2D eigenvalue weighted by Gasteiger charge is 2.79. The molecule has 0 bridgehead atoms. The lowest BCUT2D eigenvalue weighted by atomic mass is 9.88. The Kier molecular flexibility index (Phi) is 1.32. The first-order chi connectivity index (χ1) is 5.15. The third-order valence-electron chi connectivity index (χ3n) is 3.42. The normalized spacial score (nSPS) is 46.6. The maximum absolute atomic E-state index is 13.1. The number of halogens is 2. The van der Waals surface area contributed by atoms with Gasteiger partial charge in [-0.15, -0.1) is 0 Å². The summed E-state index contributed by atoms with van der Waals surface area (Å²) < 4.78 is 26.2. The molecule has 0 aliphatic heterocycles. The highest BCUT2D eigenvalue weighted by molar-refractivity contribution is 5.19. The fourth-order valence-corrected chi connectivity index (χ4v) is 2.56. The van der Waals surface area contributed by atoms with Crippen molar-refractivity contribution in [2.24, 2.45) is 17.1 Å². The minimum absolute atomic E-state index is 0.171. The lowest BCUT2D eigenvalue weighted by molar-refractivity contribution is 0.0591. The van der Waals surface area contributed by atoms with E-state index in [9.17, 15) is 8.78 Å². The Hall–Kier alpha value is -0.180. The molecule has 0 spiro atoms. The Morgan fingerprint density at radius 3 is 2.55 bits per heavy atom. The Morgan fingerprint density at radius 1 is 1.36 bits per heavy atom. The molecule has 2 N–H and O–H groups in total. The number of hydrogen-bond donors (Lipinski definition) is 1. The Morgan fingerprint density at radius 2 is 2.09 bits per heavy atom. The molecule has 2 fully saturated rings. The second-order valence-electron chi connectivity index (χ2n) is 3.78. The summed E-state index contributed by atoms with van der Waals surface area (Å²) in [7, 11) is 0. The molecule has 2 rings (SSSR count). The first kappa shape index (κ1) is 7.47. The summed E-state index contributed by atoms with van der Waals surface area (Å²) in [5.41, 5.74) is 4.60. The van der Waals surface area contributed by atoms with Crippen LogP contribution >= 0.6 is 0 Å². The zero-order chi connectivity index (χ0) is 8.11. The second kappa shape index (κ2) is 1.94. The van der Waals surface area contributed by atoms with Crippen LogP contribution in [-0.4, -0.2) is 12.5 Å². The van der Waals surface area contributed by atoms with Crippen LogP contribution in [0.5, 0.6) is 0 Å². The van der Waals surface area contributed by atoms with Gasteiger partial charge < -0.3 is 5.73 Å². The van der Waals surface area contributed by atoms with Crippen LogP contribution in [0.25, 0.3) is 0 Å². The summed E-state index contributed by atoms with van der Waals surface area (Å²) in [6.45, 7) is 0.171. The van der Waals surface area contributed by atoms with Crippen LogP contribution in [0, 0.1) is 11.3 Å². The van der Waals surface area contributed by atoms with E-state index in [1.807, 2.05) is 0 Å².